The van der Waals surface area contributed by atoms with Crippen molar-refractivity contribution in [3.63, 3.8) is 0 Å². The summed E-state index contributed by atoms with van der Waals surface area (Å²) in [6, 6.07) is 3.20. The zero-order valence-electron chi connectivity index (χ0n) is 12.5. The van der Waals surface area contributed by atoms with Gasteiger partial charge in [-0.3, -0.25) is 4.79 Å². The van der Waals surface area contributed by atoms with Crippen molar-refractivity contribution in [1.82, 2.24) is 15.1 Å². The lowest BCUT2D eigenvalue weighted by Crippen LogP contribution is -2.29. The van der Waals surface area contributed by atoms with Gasteiger partial charge in [-0.1, -0.05) is 0 Å². The number of amides is 1. The van der Waals surface area contributed by atoms with Crippen molar-refractivity contribution in [3.05, 3.63) is 23.9 Å². The fourth-order valence-corrected chi connectivity index (χ4v) is 2.41. The van der Waals surface area contributed by atoms with Crippen molar-refractivity contribution in [2.45, 2.75) is 26.4 Å². The fraction of sp³-hybridized carbons (Fsp3) is 0.400. The highest BCUT2D eigenvalue weighted by Crippen LogP contribution is 2.32. The van der Waals surface area contributed by atoms with Crippen molar-refractivity contribution in [1.29, 1.82) is 0 Å². The van der Waals surface area contributed by atoms with Crippen molar-refractivity contribution in [2.24, 2.45) is 0 Å². The number of ether oxygens (including phenoxy) is 2. The Morgan fingerprint density at radius 1 is 1.50 bits per heavy atom. The number of carbonyl (C=O) groups excluding carboxylic acids is 2. The van der Waals surface area contributed by atoms with Gasteiger partial charge in [-0.2, -0.15) is 9.78 Å². The number of hydrogen-bond acceptors (Lipinski definition) is 5. The summed E-state index contributed by atoms with van der Waals surface area (Å²) in [4.78, 5) is 23.5. The van der Waals surface area contributed by atoms with Gasteiger partial charge in [0.15, 0.2) is 0 Å². The minimum atomic E-state index is -0.401. The summed E-state index contributed by atoms with van der Waals surface area (Å²) >= 11 is 0. The summed E-state index contributed by atoms with van der Waals surface area (Å²) in [7, 11) is 0. The molecule has 0 spiro atoms. The molecule has 1 aromatic heterocycles. The molecule has 3 rings (SSSR count). The Balaban J connectivity index is 2.13. The summed E-state index contributed by atoms with van der Waals surface area (Å²) < 4.78 is 11.9. The lowest BCUT2D eigenvalue weighted by molar-refractivity contribution is -0.131. The number of carbonyl (C=O) groups is 2. The smallest absolute Gasteiger partial charge is 0.342 e. The number of aromatic nitrogens is 2. The first-order valence-corrected chi connectivity index (χ1v) is 7.18. The van der Waals surface area contributed by atoms with Crippen LogP contribution in [-0.2, 0) is 16.0 Å². The molecule has 116 valence electrons. The molecule has 1 fully saturated rings. The SMILES string of the molecule is CCNC(=O)n1ncc2ccc(OC(C)=O)c(CC3CO3)c21. The van der Waals surface area contributed by atoms with Crippen LogP contribution in [0.25, 0.3) is 10.9 Å². The number of esters is 1. The Bertz CT molecular complexity index is 734. The van der Waals surface area contributed by atoms with E-state index < -0.39 is 5.97 Å². The number of fused-ring (bicyclic) bond motifs is 1. The maximum Gasteiger partial charge on any atom is 0.342 e. The Labute approximate surface area is 127 Å². The molecule has 1 aromatic carbocycles. The molecule has 1 atom stereocenters. The van der Waals surface area contributed by atoms with Crippen molar-refractivity contribution < 1.29 is 19.1 Å². The van der Waals surface area contributed by atoms with Crippen LogP contribution in [0.2, 0.25) is 0 Å². The fourth-order valence-electron chi connectivity index (χ4n) is 2.41. The molecule has 7 heteroatoms. The first kappa shape index (κ1) is 14.5. The highest BCUT2D eigenvalue weighted by atomic mass is 16.6. The number of rotatable bonds is 4. The normalized spacial score (nSPS) is 16.5. The van der Waals surface area contributed by atoms with E-state index >= 15 is 0 Å². The van der Waals surface area contributed by atoms with Gasteiger partial charge in [0.05, 0.1) is 24.4 Å². The van der Waals surface area contributed by atoms with Crippen LogP contribution in [-0.4, -0.2) is 41.0 Å². The minimum Gasteiger partial charge on any atom is -0.426 e. The molecule has 0 saturated carbocycles. The number of benzene rings is 1. The van der Waals surface area contributed by atoms with Crippen LogP contribution in [0.4, 0.5) is 4.79 Å². The monoisotopic (exact) mass is 303 g/mol. The minimum absolute atomic E-state index is 0.0949. The predicted octanol–water partition coefficient (Wildman–Crippen LogP) is 1.48. The van der Waals surface area contributed by atoms with E-state index in [0.717, 1.165) is 10.9 Å². The number of nitrogens with one attached hydrogen (secondary N) is 1. The zero-order chi connectivity index (χ0) is 15.7. The molecule has 1 aliphatic rings. The van der Waals surface area contributed by atoms with Crippen LogP contribution in [0.15, 0.2) is 18.3 Å². The lowest BCUT2D eigenvalue weighted by atomic mass is 10.1. The molecule has 7 nitrogen and oxygen atoms in total. The van der Waals surface area contributed by atoms with Gasteiger partial charge in [0.2, 0.25) is 0 Å². The Kier molecular flexibility index (Phi) is 3.81. The first-order valence-electron chi connectivity index (χ1n) is 7.18. The standard InChI is InChI=1S/C15H17N3O4/c1-3-16-15(20)18-14-10(7-17-18)4-5-13(22-9(2)19)12(14)6-11-8-21-11/h4-5,7,11H,3,6,8H2,1-2H3,(H,16,20). The van der Waals surface area contributed by atoms with Crippen LogP contribution < -0.4 is 10.1 Å². The van der Waals surface area contributed by atoms with Crippen LogP contribution in [0.5, 0.6) is 5.75 Å². The third-order valence-corrected chi connectivity index (χ3v) is 3.40. The van der Waals surface area contributed by atoms with Gasteiger partial charge in [0.1, 0.15) is 5.75 Å². The second kappa shape index (κ2) is 5.76. The van der Waals surface area contributed by atoms with Gasteiger partial charge in [-0.15, -0.1) is 0 Å². The van der Waals surface area contributed by atoms with Crippen LogP contribution in [0, 0.1) is 0 Å². The first-order chi connectivity index (χ1) is 10.6. The lowest BCUT2D eigenvalue weighted by Gasteiger charge is -2.11. The van der Waals surface area contributed by atoms with E-state index in [4.69, 9.17) is 9.47 Å². The molecule has 0 bridgehead atoms. The highest BCUT2D eigenvalue weighted by Gasteiger charge is 2.28. The molecule has 0 radical (unpaired) electrons. The largest absolute Gasteiger partial charge is 0.426 e. The van der Waals surface area contributed by atoms with Crippen molar-refractivity contribution in [3.8, 4) is 5.75 Å². The summed E-state index contributed by atoms with van der Waals surface area (Å²) in [5.41, 5.74) is 1.42. The van der Waals surface area contributed by atoms with Crippen LogP contribution in [0.3, 0.4) is 0 Å². The molecule has 0 aliphatic carbocycles. The molecule has 1 N–H and O–H groups in total. The summed E-state index contributed by atoms with van der Waals surface area (Å²) in [5.74, 6) is 0.0444. The van der Waals surface area contributed by atoms with E-state index in [1.165, 1.54) is 11.6 Å². The molecular formula is C15H17N3O4. The number of hydrogen-bond donors (Lipinski definition) is 1. The summed E-state index contributed by atoms with van der Waals surface area (Å²) in [6.45, 7) is 4.37. The van der Waals surface area contributed by atoms with E-state index in [0.29, 0.717) is 30.8 Å². The van der Waals surface area contributed by atoms with Crippen molar-refractivity contribution in [2.75, 3.05) is 13.2 Å². The average molecular weight is 303 g/mol. The van der Waals surface area contributed by atoms with Crippen molar-refractivity contribution >= 4 is 22.9 Å². The molecule has 1 saturated heterocycles. The predicted molar refractivity (Wildman–Crippen MR) is 79.0 cm³/mol. The van der Waals surface area contributed by atoms with Crippen LogP contribution in [0.1, 0.15) is 19.4 Å². The Hall–Kier alpha value is -2.41. The summed E-state index contributed by atoms with van der Waals surface area (Å²) in [6.07, 6.45) is 2.29. The topological polar surface area (TPSA) is 85.8 Å². The van der Waals surface area contributed by atoms with Gasteiger partial charge >= 0.3 is 12.0 Å². The third-order valence-electron chi connectivity index (χ3n) is 3.40. The van der Waals surface area contributed by atoms with E-state index in [1.807, 2.05) is 6.92 Å². The molecule has 2 aromatic rings. The zero-order valence-corrected chi connectivity index (χ0v) is 12.5. The molecule has 1 aliphatic heterocycles. The van der Waals surface area contributed by atoms with E-state index in [9.17, 15) is 9.59 Å². The molecule has 22 heavy (non-hydrogen) atoms. The molecule has 1 unspecified atom stereocenters. The second-order valence-electron chi connectivity index (χ2n) is 5.13. The highest BCUT2D eigenvalue weighted by molar-refractivity contribution is 5.93. The summed E-state index contributed by atoms with van der Waals surface area (Å²) in [5, 5.41) is 7.68. The quantitative estimate of drug-likeness (QED) is 0.525. The van der Waals surface area contributed by atoms with E-state index in [1.54, 1.807) is 18.3 Å². The Morgan fingerprint density at radius 3 is 2.91 bits per heavy atom. The number of epoxide rings is 1. The molecule has 2 heterocycles. The van der Waals surface area contributed by atoms with Gasteiger partial charge in [0.25, 0.3) is 0 Å². The van der Waals surface area contributed by atoms with Gasteiger partial charge in [-0.25, -0.2) is 4.79 Å². The van der Waals surface area contributed by atoms with Gasteiger partial charge in [-0.05, 0) is 19.1 Å². The van der Waals surface area contributed by atoms with Crippen LogP contribution >= 0.6 is 0 Å². The van der Waals surface area contributed by atoms with Gasteiger partial charge in [0, 0.05) is 30.8 Å². The second-order valence-corrected chi connectivity index (χ2v) is 5.13. The maximum atomic E-state index is 12.2. The number of nitrogens with zero attached hydrogens (tertiary/aromatic N) is 2. The van der Waals surface area contributed by atoms with Gasteiger partial charge < -0.3 is 14.8 Å². The molecular weight excluding hydrogens is 286 g/mol. The third kappa shape index (κ3) is 2.80. The molecule has 1 amide bonds. The van der Waals surface area contributed by atoms with E-state index in [-0.39, 0.29) is 12.1 Å². The van der Waals surface area contributed by atoms with E-state index in [2.05, 4.69) is 10.4 Å². The average Bonchev–Trinajstić information content (AvgIpc) is 3.17. The Morgan fingerprint density at radius 2 is 2.27 bits per heavy atom. The maximum absolute atomic E-state index is 12.2.